The average molecular weight is 263 g/mol. The summed E-state index contributed by atoms with van der Waals surface area (Å²) in [6.07, 6.45) is 2.91. The van der Waals surface area contributed by atoms with Gasteiger partial charge in [-0.1, -0.05) is 18.2 Å². The number of halogens is 1. The van der Waals surface area contributed by atoms with Gasteiger partial charge in [-0.15, -0.1) is 12.4 Å². The zero-order valence-electron chi connectivity index (χ0n) is 9.78. The molecule has 1 aromatic carbocycles. The van der Waals surface area contributed by atoms with Crippen molar-refractivity contribution in [2.45, 2.75) is 18.4 Å². The number of nitrogens with zero attached hydrogens (tertiary/aromatic N) is 1. The second-order valence-electron chi connectivity index (χ2n) is 4.50. The lowest BCUT2D eigenvalue weighted by Crippen LogP contribution is -2.01. The third-order valence-electron chi connectivity index (χ3n) is 3.23. The van der Waals surface area contributed by atoms with E-state index in [0.717, 1.165) is 17.7 Å². The minimum Gasteiger partial charge on any atom is -0.507 e. The Kier molecular flexibility index (Phi) is 3.55. The number of phenols is 1. The van der Waals surface area contributed by atoms with Crippen LogP contribution in [0.4, 0.5) is 0 Å². The van der Waals surface area contributed by atoms with Crippen LogP contribution in [0.2, 0.25) is 0 Å². The molecule has 0 bridgehead atoms. The summed E-state index contributed by atoms with van der Waals surface area (Å²) in [5.41, 5.74) is 8.55. The highest BCUT2D eigenvalue weighted by atomic mass is 35.5. The number of aromatic nitrogens is 1. The van der Waals surface area contributed by atoms with Crippen LogP contribution in [-0.2, 0) is 0 Å². The molecule has 2 atom stereocenters. The molecule has 1 fully saturated rings. The molecule has 1 aliphatic carbocycles. The van der Waals surface area contributed by atoms with Crippen molar-refractivity contribution in [1.82, 2.24) is 4.98 Å². The van der Waals surface area contributed by atoms with Gasteiger partial charge in [-0.05, 0) is 30.2 Å². The second kappa shape index (κ2) is 4.96. The summed E-state index contributed by atoms with van der Waals surface area (Å²) in [6.45, 7) is 0. The zero-order chi connectivity index (χ0) is 11.8. The van der Waals surface area contributed by atoms with Crippen molar-refractivity contribution in [1.29, 1.82) is 0 Å². The summed E-state index contributed by atoms with van der Waals surface area (Å²) >= 11 is 0. The minimum absolute atomic E-state index is 0. The molecule has 94 valence electrons. The van der Waals surface area contributed by atoms with Gasteiger partial charge in [0.2, 0.25) is 0 Å². The molecule has 1 aliphatic rings. The maximum atomic E-state index is 9.74. The van der Waals surface area contributed by atoms with Crippen molar-refractivity contribution in [3.63, 3.8) is 0 Å². The maximum absolute atomic E-state index is 9.74. The molecule has 1 aromatic heterocycles. The highest BCUT2D eigenvalue weighted by molar-refractivity contribution is 5.85. The molecule has 3 N–H and O–H groups in total. The Hall–Kier alpha value is -1.58. The first-order valence-corrected chi connectivity index (χ1v) is 5.75. The predicted molar refractivity (Wildman–Crippen MR) is 73.9 cm³/mol. The van der Waals surface area contributed by atoms with Gasteiger partial charge in [0.05, 0.1) is 5.69 Å². The molecule has 0 unspecified atom stereocenters. The van der Waals surface area contributed by atoms with E-state index in [1.54, 1.807) is 12.1 Å². The molecule has 0 aliphatic heterocycles. The van der Waals surface area contributed by atoms with E-state index in [1.165, 1.54) is 5.56 Å². The van der Waals surface area contributed by atoms with Crippen molar-refractivity contribution >= 4 is 12.4 Å². The second-order valence-corrected chi connectivity index (χ2v) is 4.50. The van der Waals surface area contributed by atoms with Gasteiger partial charge in [0.1, 0.15) is 5.75 Å². The molecule has 1 heterocycles. The fraction of sp³-hybridized carbons (Fsp3) is 0.214. The standard InChI is InChI=1S/C14H14N2O.ClH/c15-12-7-11(12)9-5-6-13(16-8-9)10-3-1-2-4-14(10)17;/h1-6,8,11-12,17H,7,15H2;1H/t11-,12+;/m0./s1. The number of pyridine rings is 1. The fourth-order valence-corrected chi connectivity index (χ4v) is 2.07. The molecule has 18 heavy (non-hydrogen) atoms. The van der Waals surface area contributed by atoms with Crippen LogP contribution in [-0.4, -0.2) is 16.1 Å². The van der Waals surface area contributed by atoms with E-state index in [9.17, 15) is 5.11 Å². The number of benzene rings is 1. The Bertz CT molecular complexity index is 542. The van der Waals surface area contributed by atoms with Gasteiger partial charge in [0.15, 0.2) is 0 Å². The Labute approximate surface area is 112 Å². The van der Waals surface area contributed by atoms with Crippen molar-refractivity contribution < 1.29 is 5.11 Å². The number of phenolic OH excluding ortho intramolecular Hbond substituents is 1. The third-order valence-corrected chi connectivity index (χ3v) is 3.23. The highest BCUT2D eigenvalue weighted by Gasteiger charge is 2.34. The van der Waals surface area contributed by atoms with Crippen molar-refractivity contribution in [2.75, 3.05) is 0 Å². The van der Waals surface area contributed by atoms with Crippen molar-refractivity contribution in [3.05, 3.63) is 48.2 Å². The van der Waals surface area contributed by atoms with Gasteiger partial charge in [0.25, 0.3) is 0 Å². The van der Waals surface area contributed by atoms with E-state index in [1.807, 2.05) is 30.5 Å². The normalized spacial score (nSPS) is 21.2. The SMILES string of the molecule is Cl.N[C@@H]1C[C@H]1c1ccc(-c2ccccc2O)nc1. The molecule has 0 radical (unpaired) electrons. The van der Waals surface area contributed by atoms with E-state index >= 15 is 0 Å². The molecule has 0 spiro atoms. The third kappa shape index (κ3) is 2.33. The molecule has 0 saturated heterocycles. The lowest BCUT2D eigenvalue weighted by Gasteiger charge is -2.04. The first-order valence-electron chi connectivity index (χ1n) is 5.75. The van der Waals surface area contributed by atoms with E-state index in [-0.39, 0.29) is 18.2 Å². The van der Waals surface area contributed by atoms with Gasteiger partial charge in [-0.2, -0.15) is 0 Å². The van der Waals surface area contributed by atoms with Crippen LogP contribution in [0.5, 0.6) is 5.75 Å². The van der Waals surface area contributed by atoms with Crippen LogP contribution in [0.1, 0.15) is 17.9 Å². The van der Waals surface area contributed by atoms with Crippen LogP contribution < -0.4 is 5.73 Å². The molecule has 3 nitrogen and oxygen atoms in total. The molecule has 2 aromatic rings. The smallest absolute Gasteiger partial charge is 0.124 e. The lowest BCUT2D eigenvalue weighted by atomic mass is 10.1. The molecular weight excluding hydrogens is 248 g/mol. The van der Waals surface area contributed by atoms with Gasteiger partial charge in [-0.3, -0.25) is 4.98 Å². The number of aromatic hydroxyl groups is 1. The molecule has 1 saturated carbocycles. The van der Waals surface area contributed by atoms with Gasteiger partial charge >= 0.3 is 0 Å². The Morgan fingerprint density at radius 3 is 2.44 bits per heavy atom. The number of hydrogen-bond donors (Lipinski definition) is 2. The number of rotatable bonds is 2. The Morgan fingerprint density at radius 1 is 1.17 bits per heavy atom. The number of nitrogens with two attached hydrogens (primary N) is 1. The van der Waals surface area contributed by atoms with E-state index in [0.29, 0.717) is 12.0 Å². The van der Waals surface area contributed by atoms with Gasteiger partial charge in [0, 0.05) is 23.7 Å². The van der Waals surface area contributed by atoms with E-state index in [4.69, 9.17) is 5.73 Å². The first-order chi connectivity index (χ1) is 8.25. The van der Waals surface area contributed by atoms with Crippen LogP contribution in [0.15, 0.2) is 42.6 Å². The Balaban J connectivity index is 0.00000120. The topological polar surface area (TPSA) is 59.1 Å². The molecule has 0 amide bonds. The van der Waals surface area contributed by atoms with E-state index in [2.05, 4.69) is 4.98 Å². The Morgan fingerprint density at radius 2 is 1.89 bits per heavy atom. The predicted octanol–water partition coefficient (Wildman–Crippen LogP) is 2.69. The molecule has 3 rings (SSSR count). The first kappa shape index (κ1) is 12.9. The highest BCUT2D eigenvalue weighted by Crippen LogP contribution is 2.39. The van der Waals surface area contributed by atoms with E-state index < -0.39 is 0 Å². The number of para-hydroxylation sites is 1. The summed E-state index contributed by atoms with van der Waals surface area (Å²) in [6, 6.07) is 11.5. The van der Waals surface area contributed by atoms with Gasteiger partial charge < -0.3 is 10.8 Å². The number of hydrogen-bond acceptors (Lipinski definition) is 3. The van der Waals surface area contributed by atoms with Crippen molar-refractivity contribution in [2.24, 2.45) is 5.73 Å². The lowest BCUT2D eigenvalue weighted by molar-refractivity contribution is 0.477. The summed E-state index contributed by atoms with van der Waals surface area (Å²) in [5, 5.41) is 9.74. The van der Waals surface area contributed by atoms with Crippen LogP contribution in [0.25, 0.3) is 11.3 Å². The van der Waals surface area contributed by atoms with Crippen LogP contribution >= 0.6 is 12.4 Å². The zero-order valence-corrected chi connectivity index (χ0v) is 10.6. The summed E-state index contributed by atoms with van der Waals surface area (Å²) < 4.78 is 0. The largest absolute Gasteiger partial charge is 0.507 e. The van der Waals surface area contributed by atoms with Crippen LogP contribution in [0, 0.1) is 0 Å². The molecular formula is C14H15ClN2O. The average Bonchev–Trinajstić information content (AvgIpc) is 3.07. The maximum Gasteiger partial charge on any atom is 0.124 e. The summed E-state index contributed by atoms with van der Waals surface area (Å²) in [4.78, 5) is 4.39. The minimum atomic E-state index is 0. The monoisotopic (exact) mass is 262 g/mol. The summed E-state index contributed by atoms with van der Waals surface area (Å²) in [5.74, 6) is 0.733. The van der Waals surface area contributed by atoms with Crippen molar-refractivity contribution in [3.8, 4) is 17.0 Å². The quantitative estimate of drug-likeness (QED) is 0.875. The molecule has 4 heteroatoms. The van der Waals surface area contributed by atoms with Gasteiger partial charge in [-0.25, -0.2) is 0 Å². The van der Waals surface area contributed by atoms with Crippen LogP contribution in [0.3, 0.4) is 0 Å². The fourth-order valence-electron chi connectivity index (χ4n) is 2.07. The summed E-state index contributed by atoms with van der Waals surface area (Å²) in [7, 11) is 0.